The van der Waals surface area contributed by atoms with Crippen molar-refractivity contribution < 1.29 is 17.9 Å². The fourth-order valence-electron chi connectivity index (χ4n) is 1.77. The Morgan fingerprint density at radius 2 is 1.78 bits per heavy atom. The molecule has 0 aromatic heterocycles. The third kappa shape index (κ3) is 6.49. The van der Waals surface area contributed by atoms with Crippen LogP contribution < -0.4 is 10.5 Å². The van der Waals surface area contributed by atoms with E-state index in [1.54, 1.807) is 12.1 Å². The van der Waals surface area contributed by atoms with Gasteiger partial charge in [-0.25, -0.2) is 0 Å². The largest absolute Gasteiger partial charge is 0.494 e. The van der Waals surface area contributed by atoms with Gasteiger partial charge in [0.2, 0.25) is 0 Å². The molecule has 0 heterocycles. The van der Waals surface area contributed by atoms with Gasteiger partial charge in [-0.15, -0.1) is 0 Å². The summed E-state index contributed by atoms with van der Waals surface area (Å²) in [5.41, 5.74) is 5.32. The molecule has 1 atom stereocenters. The van der Waals surface area contributed by atoms with Crippen molar-refractivity contribution in [2.75, 3.05) is 13.2 Å². The molecule has 0 saturated heterocycles. The molecule has 0 fully saturated rings. The van der Waals surface area contributed by atoms with E-state index in [1.807, 2.05) is 18.2 Å². The van der Waals surface area contributed by atoms with Crippen molar-refractivity contribution >= 4 is 0 Å². The minimum atomic E-state index is -4.13. The lowest BCUT2D eigenvalue weighted by molar-refractivity contribution is -0.145. The standard InChI is InChI=1S/C13H18F3NO/c14-13(15,16)10-11(6-8-17)7-9-18-12-4-2-1-3-5-12/h1-5,11H,6-10,17H2. The molecule has 1 rings (SSSR count). The van der Waals surface area contributed by atoms with Crippen LogP contribution in [0.25, 0.3) is 0 Å². The second-order valence-electron chi connectivity index (χ2n) is 4.21. The highest BCUT2D eigenvalue weighted by Crippen LogP contribution is 2.28. The zero-order valence-corrected chi connectivity index (χ0v) is 10.1. The van der Waals surface area contributed by atoms with Crippen molar-refractivity contribution in [3.05, 3.63) is 30.3 Å². The van der Waals surface area contributed by atoms with E-state index in [1.165, 1.54) is 0 Å². The fraction of sp³-hybridized carbons (Fsp3) is 0.538. The summed E-state index contributed by atoms with van der Waals surface area (Å²) in [6.45, 7) is 0.552. The van der Waals surface area contributed by atoms with Crippen LogP contribution >= 0.6 is 0 Å². The minimum absolute atomic E-state index is 0.270. The van der Waals surface area contributed by atoms with E-state index in [-0.39, 0.29) is 13.2 Å². The van der Waals surface area contributed by atoms with Crippen molar-refractivity contribution in [1.29, 1.82) is 0 Å². The number of benzene rings is 1. The van der Waals surface area contributed by atoms with Crippen LogP contribution in [0.1, 0.15) is 19.3 Å². The molecule has 1 aromatic rings. The van der Waals surface area contributed by atoms with Crippen LogP contribution in [0.4, 0.5) is 13.2 Å². The molecule has 0 aliphatic rings. The number of alkyl halides is 3. The van der Waals surface area contributed by atoms with Gasteiger partial charge in [0.1, 0.15) is 5.75 Å². The Balaban J connectivity index is 2.33. The van der Waals surface area contributed by atoms with E-state index in [2.05, 4.69) is 0 Å². The minimum Gasteiger partial charge on any atom is -0.494 e. The van der Waals surface area contributed by atoms with Crippen LogP contribution in [0.2, 0.25) is 0 Å². The number of hydrogen-bond donors (Lipinski definition) is 1. The number of hydrogen-bond acceptors (Lipinski definition) is 2. The molecule has 5 heteroatoms. The molecule has 0 radical (unpaired) electrons. The summed E-state index contributed by atoms with van der Waals surface area (Å²) >= 11 is 0. The van der Waals surface area contributed by atoms with Crippen LogP contribution in [0.15, 0.2) is 30.3 Å². The number of nitrogens with two attached hydrogens (primary N) is 1. The van der Waals surface area contributed by atoms with E-state index < -0.39 is 18.5 Å². The van der Waals surface area contributed by atoms with Crippen LogP contribution in [0.5, 0.6) is 5.75 Å². The summed E-state index contributed by atoms with van der Waals surface area (Å²) in [6, 6.07) is 9.06. The molecule has 0 amide bonds. The Morgan fingerprint density at radius 3 is 2.33 bits per heavy atom. The summed E-state index contributed by atoms with van der Waals surface area (Å²) in [5, 5.41) is 0. The van der Waals surface area contributed by atoms with Gasteiger partial charge in [0.25, 0.3) is 0 Å². The third-order valence-corrected chi connectivity index (χ3v) is 2.63. The van der Waals surface area contributed by atoms with E-state index in [0.717, 1.165) is 0 Å². The molecular weight excluding hydrogens is 243 g/mol. The van der Waals surface area contributed by atoms with E-state index >= 15 is 0 Å². The first-order chi connectivity index (χ1) is 8.51. The van der Waals surface area contributed by atoms with Crippen LogP contribution in [-0.4, -0.2) is 19.3 Å². The number of halogens is 3. The van der Waals surface area contributed by atoms with Crippen LogP contribution in [0, 0.1) is 5.92 Å². The van der Waals surface area contributed by atoms with Gasteiger partial charge in [0.15, 0.2) is 0 Å². The van der Waals surface area contributed by atoms with E-state index in [9.17, 15) is 13.2 Å². The lowest BCUT2D eigenvalue weighted by Gasteiger charge is -2.18. The summed E-state index contributed by atoms with van der Waals surface area (Å²) in [7, 11) is 0. The van der Waals surface area contributed by atoms with Gasteiger partial charge >= 0.3 is 6.18 Å². The number of para-hydroxylation sites is 1. The van der Waals surface area contributed by atoms with Crippen molar-refractivity contribution in [3.8, 4) is 5.75 Å². The van der Waals surface area contributed by atoms with Gasteiger partial charge in [-0.05, 0) is 37.4 Å². The van der Waals surface area contributed by atoms with Crippen LogP contribution in [0.3, 0.4) is 0 Å². The first-order valence-electron chi connectivity index (χ1n) is 5.96. The number of rotatable bonds is 7. The quantitative estimate of drug-likeness (QED) is 0.816. The van der Waals surface area contributed by atoms with Crippen molar-refractivity contribution in [1.82, 2.24) is 0 Å². The predicted octanol–water partition coefficient (Wildman–Crippen LogP) is 3.37. The maximum atomic E-state index is 12.3. The zero-order chi connectivity index (χ0) is 13.4. The Morgan fingerprint density at radius 1 is 1.11 bits per heavy atom. The van der Waals surface area contributed by atoms with E-state index in [0.29, 0.717) is 18.6 Å². The van der Waals surface area contributed by atoms with Gasteiger partial charge in [0, 0.05) is 6.42 Å². The van der Waals surface area contributed by atoms with Crippen molar-refractivity contribution in [3.63, 3.8) is 0 Å². The van der Waals surface area contributed by atoms with Crippen LogP contribution in [-0.2, 0) is 0 Å². The summed E-state index contributed by atoms with van der Waals surface area (Å²) in [4.78, 5) is 0. The number of ether oxygens (including phenoxy) is 1. The molecule has 102 valence electrons. The Bertz CT molecular complexity index is 327. The van der Waals surface area contributed by atoms with Crippen molar-refractivity contribution in [2.24, 2.45) is 11.7 Å². The molecule has 0 saturated carbocycles. The summed E-state index contributed by atoms with van der Waals surface area (Å²) in [6.07, 6.45) is -4.18. The average Bonchev–Trinajstić information content (AvgIpc) is 2.28. The average molecular weight is 261 g/mol. The molecule has 2 N–H and O–H groups in total. The molecule has 1 aromatic carbocycles. The lowest BCUT2D eigenvalue weighted by atomic mass is 9.98. The lowest BCUT2D eigenvalue weighted by Crippen LogP contribution is -2.20. The smallest absolute Gasteiger partial charge is 0.389 e. The molecule has 0 bridgehead atoms. The molecule has 0 spiro atoms. The highest BCUT2D eigenvalue weighted by atomic mass is 19.4. The van der Waals surface area contributed by atoms with Gasteiger partial charge in [-0.3, -0.25) is 0 Å². The first-order valence-corrected chi connectivity index (χ1v) is 5.96. The SMILES string of the molecule is NCCC(CCOc1ccccc1)CC(F)(F)F. The predicted molar refractivity (Wildman–Crippen MR) is 64.4 cm³/mol. The Kier molecular flexibility index (Phi) is 5.98. The van der Waals surface area contributed by atoms with Crippen molar-refractivity contribution in [2.45, 2.75) is 25.4 Å². The molecule has 2 nitrogen and oxygen atoms in total. The van der Waals surface area contributed by atoms with Gasteiger partial charge in [-0.2, -0.15) is 13.2 Å². The third-order valence-electron chi connectivity index (χ3n) is 2.63. The molecule has 0 aliphatic heterocycles. The molecule has 1 unspecified atom stereocenters. The zero-order valence-electron chi connectivity index (χ0n) is 10.1. The molecule has 0 aliphatic carbocycles. The first kappa shape index (κ1) is 14.8. The maximum absolute atomic E-state index is 12.3. The Hall–Kier alpha value is -1.23. The highest BCUT2D eigenvalue weighted by molar-refractivity contribution is 5.20. The Labute approximate surface area is 105 Å². The summed E-state index contributed by atoms with van der Waals surface area (Å²) < 4.78 is 42.3. The second-order valence-corrected chi connectivity index (χ2v) is 4.21. The van der Waals surface area contributed by atoms with Gasteiger partial charge < -0.3 is 10.5 Å². The monoisotopic (exact) mass is 261 g/mol. The fourth-order valence-corrected chi connectivity index (χ4v) is 1.77. The topological polar surface area (TPSA) is 35.2 Å². The van der Waals surface area contributed by atoms with Gasteiger partial charge in [-0.1, -0.05) is 18.2 Å². The second kappa shape index (κ2) is 7.26. The highest BCUT2D eigenvalue weighted by Gasteiger charge is 2.31. The van der Waals surface area contributed by atoms with Gasteiger partial charge in [0.05, 0.1) is 6.61 Å². The maximum Gasteiger partial charge on any atom is 0.389 e. The molecule has 18 heavy (non-hydrogen) atoms. The normalized spacial score (nSPS) is 13.3. The van der Waals surface area contributed by atoms with E-state index in [4.69, 9.17) is 10.5 Å². The summed E-state index contributed by atoms with van der Waals surface area (Å²) in [5.74, 6) is 0.217. The molecular formula is C13H18F3NO.